The van der Waals surface area contributed by atoms with Crippen molar-refractivity contribution in [3.63, 3.8) is 0 Å². The van der Waals surface area contributed by atoms with Crippen molar-refractivity contribution in [2.75, 3.05) is 5.73 Å². The summed E-state index contributed by atoms with van der Waals surface area (Å²) < 4.78 is 18.6. The summed E-state index contributed by atoms with van der Waals surface area (Å²) in [5, 5.41) is 4.35. The molecule has 1 saturated carbocycles. The number of thioether (sulfide) groups is 1. The zero-order valence-electron chi connectivity index (χ0n) is 9.02. The number of aromatic nitrogens is 1. The molecule has 0 unspecified atom stereocenters. The molecule has 0 aliphatic heterocycles. The van der Waals surface area contributed by atoms with Gasteiger partial charge in [0.05, 0.1) is 0 Å². The minimum atomic E-state index is -0.207. The number of rotatable bonds is 3. The summed E-state index contributed by atoms with van der Waals surface area (Å²) in [7, 11) is 0. The first-order valence-corrected chi connectivity index (χ1v) is 6.29. The Labute approximate surface area is 102 Å². The van der Waals surface area contributed by atoms with E-state index >= 15 is 0 Å². The predicted molar refractivity (Wildman–Crippen MR) is 65.2 cm³/mol. The van der Waals surface area contributed by atoms with Crippen LogP contribution in [0.3, 0.4) is 0 Å². The van der Waals surface area contributed by atoms with E-state index in [0.717, 1.165) is 0 Å². The quantitative estimate of drug-likeness (QED) is 0.907. The summed E-state index contributed by atoms with van der Waals surface area (Å²) in [6.07, 6.45) is 2.37. The van der Waals surface area contributed by atoms with Crippen LogP contribution < -0.4 is 5.73 Å². The fourth-order valence-corrected chi connectivity index (χ4v) is 2.60. The molecular formula is C12H11FN2OS. The molecule has 0 spiro atoms. The van der Waals surface area contributed by atoms with Crippen LogP contribution in [0.5, 0.6) is 0 Å². The average Bonchev–Trinajstić information content (AvgIpc) is 3.02. The van der Waals surface area contributed by atoms with Crippen LogP contribution in [0.1, 0.15) is 12.8 Å². The first kappa shape index (κ1) is 10.7. The van der Waals surface area contributed by atoms with Crippen molar-refractivity contribution in [3.8, 4) is 11.3 Å². The maximum atomic E-state index is 13.8. The van der Waals surface area contributed by atoms with E-state index in [4.69, 9.17) is 10.3 Å². The summed E-state index contributed by atoms with van der Waals surface area (Å²) >= 11 is 1.60. The molecule has 0 amide bonds. The average molecular weight is 250 g/mol. The standard InChI is InChI=1S/C12H11FN2OS/c13-9-5-7(10-6-12(14)16-15-10)1-4-11(9)17-8-2-3-8/h1,4-6,8H,2-3,14H2. The van der Waals surface area contributed by atoms with Crippen molar-refractivity contribution in [1.82, 2.24) is 5.16 Å². The van der Waals surface area contributed by atoms with Gasteiger partial charge in [0.25, 0.3) is 0 Å². The van der Waals surface area contributed by atoms with E-state index < -0.39 is 0 Å². The molecule has 5 heteroatoms. The maximum absolute atomic E-state index is 13.8. The highest BCUT2D eigenvalue weighted by atomic mass is 32.2. The molecule has 1 aromatic heterocycles. The van der Waals surface area contributed by atoms with Crippen molar-refractivity contribution in [1.29, 1.82) is 0 Å². The zero-order chi connectivity index (χ0) is 11.8. The Morgan fingerprint density at radius 1 is 1.35 bits per heavy atom. The molecule has 1 aliphatic carbocycles. The largest absolute Gasteiger partial charge is 0.368 e. The van der Waals surface area contributed by atoms with Crippen molar-refractivity contribution in [2.45, 2.75) is 23.0 Å². The van der Waals surface area contributed by atoms with Gasteiger partial charge in [-0.05, 0) is 25.0 Å². The van der Waals surface area contributed by atoms with E-state index in [1.807, 2.05) is 6.07 Å². The van der Waals surface area contributed by atoms with Crippen molar-refractivity contribution in [3.05, 3.63) is 30.1 Å². The van der Waals surface area contributed by atoms with E-state index in [-0.39, 0.29) is 11.7 Å². The molecule has 17 heavy (non-hydrogen) atoms. The van der Waals surface area contributed by atoms with Crippen LogP contribution in [-0.4, -0.2) is 10.4 Å². The van der Waals surface area contributed by atoms with E-state index in [0.29, 0.717) is 21.4 Å². The molecule has 1 aliphatic rings. The highest BCUT2D eigenvalue weighted by Crippen LogP contribution is 2.40. The van der Waals surface area contributed by atoms with E-state index in [9.17, 15) is 4.39 Å². The summed E-state index contributed by atoms with van der Waals surface area (Å²) in [5.41, 5.74) is 6.67. The molecule has 1 fully saturated rings. The van der Waals surface area contributed by atoms with Gasteiger partial charge in [-0.25, -0.2) is 4.39 Å². The first-order chi connectivity index (χ1) is 8.22. The van der Waals surface area contributed by atoms with E-state index in [2.05, 4.69) is 5.16 Å². The Morgan fingerprint density at radius 3 is 2.76 bits per heavy atom. The van der Waals surface area contributed by atoms with E-state index in [1.54, 1.807) is 23.9 Å². The summed E-state index contributed by atoms with van der Waals surface area (Å²) in [4.78, 5) is 0.702. The van der Waals surface area contributed by atoms with Gasteiger partial charge < -0.3 is 10.3 Å². The molecule has 2 aromatic rings. The second-order valence-corrected chi connectivity index (χ2v) is 5.42. The normalized spacial score (nSPS) is 15.1. The van der Waals surface area contributed by atoms with Crippen LogP contribution in [0.15, 0.2) is 33.7 Å². The molecule has 88 valence electrons. The Balaban J connectivity index is 1.89. The number of nitrogens with zero attached hydrogens (tertiary/aromatic N) is 1. The van der Waals surface area contributed by atoms with E-state index in [1.165, 1.54) is 18.9 Å². The Bertz CT molecular complexity index is 551. The number of hydrogen-bond donors (Lipinski definition) is 1. The van der Waals surface area contributed by atoms with Gasteiger partial charge in [-0.15, -0.1) is 11.8 Å². The second-order valence-electron chi connectivity index (χ2n) is 4.08. The molecule has 2 N–H and O–H groups in total. The molecule has 0 bridgehead atoms. The summed E-state index contributed by atoms with van der Waals surface area (Å²) in [5.74, 6) is 0.0258. The van der Waals surface area contributed by atoms with Gasteiger partial charge in [-0.3, -0.25) is 0 Å². The van der Waals surface area contributed by atoms with Crippen molar-refractivity contribution in [2.24, 2.45) is 0 Å². The van der Waals surface area contributed by atoms with Crippen molar-refractivity contribution >= 4 is 17.6 Å². The van der Waals surface area contributed by atoms with Gasteiger partial charge in [-0.1, -0.05) is 11.2 Å². The second kappa shape index (κ2) is 4.07. The third kappa shape index (κ3) is 2.29. The number of halogens is 1. The fourth-order valence-electron chi connectivity index (χ4n) is 1.55. The molecule has 1 aromatic carbocycles. The smallest absolute Gasteiger partial charge is 0.222 e. The lowest BCUT2D eigenvalue weighted by atomic mass is 10.1. The third-order valence-corrected chi connectivity index (χ3v) is 3.96. The van der Waals surface area contributed by atoms with Gasteiger partial charge >= 0.3 is 0 Å². The van der Waals surface area contributed by atoms with Crippen LogP contribution >= 0.6 is 11.8 Å². The summed E-state index contributed by atoms with van der Waals surface area (Å²) in [6.45, 7) is 0. The highest BCUT2D eigenvalue weighted by molar-refractivity contribution is 8.00. The summed E-state index contributed by atoms with van der Waals surface area (Å²) in [6, 6.07) is 6.69. The number of benzene rings is 1. The number of nitrogen functional groups attached to an aromatic ring is 1. The zero-order valence-corrected chi connectivity index (χ0v) is 9.84. The Kier molecular flexibility index (Phi) is 2.55. The molecule has 0 radical (unpaired) electrons. The van der Waals surface area contributed by atoms with Gasteiger partial charge in [0.2, 0.25) is 5.88 Å². The molecule has 1 heterocycles. The number of anilines is 1. The lowest BCUT2D eigenvalue weighted by molar-refractivity contribution is 0.439. The topological polar surface area (TPSA) is 52.0 Å². The molecule has 0 saturated heterocycles. The van der Waals surface area contributed by atoms with Gasteiger partial charge in [-0.2, -0.15) is 0 Å². The molecule has 3 rings (SSSR count). The van der Waals surface area contributed by atoms with Gasteiger partial charge in [0, 0.05) is 21.8 Å². The van der Waals surface area contributed by atoms with Crippen LogP contribution in [0.25, 0.3) is 11.3 Å². The first-order valence-electron chi connectivity index (χ1n) is 5.41. The van der Waals surface area contributed by atoms with Crippen LogP contribution in [0.2, 0.25) is 0 Å². The van der Waals surface area contributed by atoms with Crippen LogP contribution in [0.4, 0.5) is 10.3 Å². The molecule has 0 atom stereocenters. The highest BCUT2D eigenvalue weighted by Gasteiger charge is 2.24. The lowest BCUT2D eigenvalue weighted by Crippen LogP contribution is -1.85. The monoisotopic (exact) mass is 250 g/mol. The maximum Gasteiger partial charge on any atom is 0.222 e. The predicted octanol–water partition coefficient (Wildman–Crippen LogP) is 3.32. The SMILES string of the molecule is Nc1cc(-c2ccc(SC3CC3)c(F)c2)no1. The van der Waals surface area contributed by atoms with Crippen LogP contribution in [-0.2, 0) is 0 Å². The Hall–Kier alpha value is -1.49. The molecular weight excluding hydrogens is 239 g/mol. The fraction of sp³-hybridized carbons (Fsp3) is 0.250. The molecule has 3 nitrogen and oxygen atoms in total. The van der Waals surface area contributed by atoms with Crippen LogP contribution in [0, 0.1) is 5.82 Å². The minimum Gasteiger partial charge on any atom is -0.368 e. The number of hydrogen-bond acceptors (Lipinski definition) is 4. The minimum absolute atomic E-state index is 0.207. The van der Waals surface area contributed by atoms with Gasteiger partial charge in [0.15, 0.2) is 0 Å². The number of nitrogens with two attached hydrogens (primary N) is 1. The van der Waals surface area contributed by atoms with Gasteiger partial charge in [0.1, 0.15) is 11.5 Å². The Morgan fingerprint density at radius 2 is 2.18 bits per heavy atom. The van der Waals surface area contributed by atoms with Crippen molar-refractivity contribution < 1.29 is 8.91 Å². The lowest BCUT2D eigenvalue weighted by Gasteiger charge is -2.03. The third-order valence-electron chi connectivity index (χ3n) is 2.57.